The Kier molecular flexibility index (Phi) is 3.82. The molecule has 0 saturated heterocycles. The summed E-state index contributed by atoms with van der Waals surface area (Å²) in [6.07, 6.45) is 3.86. The average Bonchev–Trinajstić information content (AvgIpc) is 2.65. The molecule has 2 heterocycles. The molecule has 1 aliphatic rings. The van der Waals surface area contributed by atoms with Crippen LogP contribution in [0, 0.1) is 0 Å². The van der Waals surface area contributed by atoms with E-state index in [-0.39, 0.29) is 0 Å². The summed E-state index contributed by atoms with van der Waals surface area (Å²) in [4.78, 5) is 12.0. The van der Waals surface area contributed by atoms with Gasteiger partial charge in [0.15, 0.2) is 5.17 Å². The molecular formula is C9H10BrN3S2. The lowest BCUT2D eigenvalue weighted by atomic mass is 10.4. The molecule has 0 unspecified atom stereocenters. The highest BCUT2D eigenvalue weighted by Gasteiger charge is 2.07. The van der Waals surface area contributed by atoms with Gasteiger partial charge in [-0.3, -0.25) is 0 Å². The quantitative estimate of drug-likeness (QED) is 0.840. The Morgan fingerprint density at radius 2 is 2.47 bits per heavy atom. The topological polar surface area (TPSA) is 28.0 Å². The highest BCUT2D eigenvalue weighted by atomic mass is 79.9. The predicted octanol–water partition coefficient (Wildman–Crippen LogP) is 3.03. The highest BCUT2D eigenvalue weighted by molar-refractivity contribution is 9.11. The van der Waals surface area contributed by atoms with Gasteiger partial charge in [-0.1, -0.05) is 11.8 Å². The molecule has 0 radical (unpaired) electrons. The van der Waals surface area contributed by atoms with Crippen molar-refractivity contribution in [2.24, 2.45) is 9.98 Å². The third kappa shape index (κ3) is 3.06. The molecule has 0 aliphatic carbocycles. The van der Waals surface area contributed by atoms with Crippen LogP contribution in [0.5, 0.6) is 0 Å². The third-order valence-corrected chi connectivity index (χ3v) is 4.10. The minimum Gasteiger partial charge on any atom is -0.338 e. The summed E-state index contributed by atoms with van der Waals surface area (Å²) in [6.45, 7) is 1.58. The Labute approximate surface area is 105 Å². The van der Waals surface area contributed by atoms with Gasteiger partial charge in [-0.05, 0) is 34.3 Å². The summed E-state index contributed by atoms with van der Waals surface area (Å²) in [5, 5.41) is 0.860. The summed E-state index contributed by atoms with van der Waals surface area (Å²) in [7, 11) is 0. The molecule has 0 aromatic carbocycles. The predicted molar refractivity (Wildman–Crippen MR) is 71.9 cm³/mol. The zero-order valence-corrected chi connectivity index (χ0v) is 11.4. The number of rotatable bonds is 2. The number of thiophene rings is 1. The van der Waals surface area contributed by atoms with Crippen LogP contribution in [0.2, 0.25) is 0 Å². The van der Waals surface area contributed by atoms with Gasteiger partial charge in [-0.2, -0.15) is 0 Å². The van der Waals surface area contributed by atoms with Gasteiger partial charge in [0.1, 0.15) is 6.67 Å². The second-order valence-electron chi connectivity index (χ2n) is 2.98. The second-order valence-corrected chi connectivity index (χ2v) is 6.30. The summed E-state index contributed by atoms with van der Waals surface area (Å²) in [5.74, 6) is 0. The molecular weight excluding hydrogens is 294 g/mol. The zero-order valence-electron chi connectivity index (χ0n) is 8.18. The van der Waals surface area contributed by atoms with Gasteiger partial charge in [0.25, 0.3) is 0 Å². The molecule has 0 N–H and O–H groups in total. The maximum Gasteiger partial charge on any atom is 0.185 e. The molecule has 1 aliphatic heterocycles. The van der Waals surface area contributed by atoms with Crippen LogP contribution in [0.25, 0.3) is 0 Å². The molecule has 80 valence electrons. The van der Waals surface area contributed by atoms with Crippen LogP contribution in [0.15, 0.2) is 25.9 Å². The van der Waals surface area contributed by atoms with Crippen LogP contribution in [0.4, 0.5) is 0 Å². The van der Waals surface area contributed by atoms with E-state index in [4.69, 9.17) is 0 Å². The standard InChI is InChI=1S/C9H10BrN3S2/c1-14-9-11-5-13(6-12-9)4-7-2-3-8(10)15-7/h2-3,5H,4,6H2,1H3. The van der Waals surface area contributed by atoms with Crippen LogP contribution in [-0.4, -0.2) is 29.3 Å². The first-order chi connectivity index (χ1) is 7.28. The normalized spacial score (nSPS) is 15.6. The SMILES string of the molecule is CSC1=NCN(Cc2ccc(Br)s2)C=N1. The number of nitrogens with zero attached hydrogens (tertiary/aromatic N) is 3. The van der Waals surface area contributed by atoms with E-state index in [1.807, 2.05) is 12.6 Å². The van der Waals surface area contributed by atoms with Crippen molar-refractivity contribution in [3.63, 3.8) is 0 Å². The Bertz CT molecular complexity index is 400. The number of hydrogen-bond acceptors (Lipinski definition) is 5. The van der Waals surface area contributed by atoms with E-state index in [9.17, 15) is 0 Å². The highest BCUT2D eigenvalue weighted by Crippen LogP contribution is 2.23. The second kappa shape index (κ2) is 5.14. The minimum atomic E-state index is 0.704. The number of hydrogen-bond donors (Lipinski definition) is 0. The number of aliphatic imine (C=N–C) groups is 2. The first-order valence-electron chi connectivity index (χ1n) is 4.39. The first kappa shape index (κ1) is 11.2. The van der Waals surface area contributed by atoms with E-state index in [1.165, 1.54) is 8.66 Å². The molecule has 0 atom stereocenters. The fourth-order valence-corrected chi connectivity index (χ4v) is 3.05. The Morgan fingerprint density at radius 3 is 3.00 bits per heavy atom. The summed E-state index contributed by atoms with van der Waals surface area (Å²) >= 11 is 6.78. The fraction of sp³-hybridized carbons (Fsp3) is 0.333. The molecule has 1 aromatic heterocycles. The van der Waals surface area contributed by atoms with E-state index >= 15 is 0 Å². The average molecular weight is 304 g/mol. The lowest BCUT2D eigenvalue weighted by Crippen LogP contribution is -2.25. The van der Waals surface area contributed by atoms with Gasteiger partial charge >= 0.3 is 0 Å². The van der Waals surface area contributed by atoms with Crippen molar-refractivity contribution in [2.75, 3.05) is 12.9 Å². The number of thioether (sulfide) groups is 1. The molecule has 2 rings (SSSR count). The lowest BCUT2D eigenvalue weighted by molar-refractivity contribution is 0.440. The van der Waals surface area contributed by atoms with Crippen LogP contribution in [0.3, 0.4) is 0 Å². The van der Waals surface area contributed by atoms with E-state index < -0.39 is 0 Å². The molecule has 15 heavy (non-hydrogen) atoms. The first-order valence-corrected chi connectivity index (χ1v) is 7.22. The van der Waals surface area contributed by atoms with Crippen molar-refractivity contribution in [3.05, 3.63) is 20.8 Å². The summed E-state index contributed by atoms with van der Waals surface area (Å²) < 4.78 is 1.17. The Balaban J connectivity index is 1.93. The minimum absolute atomic E-state index is 0.704. The fourth-order valence-electron chi connectivity index (χ4n) is 1.20. The maximum atomic E-state index is 4.33. The van der Waals surface area contributed by atoms with Gasteiger partial charge in [0, 0.05) is 4.88 Å². The number of amidine groups is 1. The Hall–Kier alpha value is -0.330. The maximum absolute atomic E-state index is 4.33. The van der Waals surface area contributed by atoms with E-state index in [0.717, 1.165) is 11.7 Å². The van der Waals surface area contributed by atoms with E-state index in [1.54, 1.807) is 23.1 Å². The molecule has 0 spiro atoms. The Morgan fingerprint density at radius 1 is 1.60 bits per heavy atom. The van der Waals surface area contributed by atoms with Gasteiger partial charge in [-0.15, -0.1) is 11.3 Å². The third-order valence-electron chi connectivity index (χ3n) is 1.89. The molecule has 0 saturated carbocycles. The lowest BCUT2D eigenvalue weighted by Gasteiger charge is -2.19. The van der Waals surface area contributed by atoms with Crippen molar-refractivity contribution in [3.8, 4) is 0 Å². The van der Waals surface area contributed by atoms with Gasteiger partial charge < -0.3 is 4.90 Å². The molecule has 3 nitrogen and oxygen atoms in total. The van der Waals surface area contributed by atoms with Crippen molar-refractivity contribution in [1.82, 2.24) is 4.90 Å². The van der Waals surface area contributed by atoms with Crippen molar-refractivity contribution in [1.29, 1.82) is 0 Å². The van der Waals surface area contributed by atoms with E-state index in [0.29, 0.717) is 6.67 Å². The smallest absolute Gasteiger partial charge is 0.185 e. The molecule has 1 aromatic rings. The summed E-state index contributed by atoms with van der Waals surface area (Å²) in [6, 6.07) is 4.19. The van der Waals surface area contributed by atoms with Gasteiger partial charge in [0.2, 0.25) is 0 Å². The van der Waals surface area contributed by atoms with Crippen molar-refractivity contribution < 1.29 is 0 Å². The molecule has 0 amide bonds. The summed E-state index contributed by atoms with van der Waals surface area (Å²) in [5.41, 5.74) is 0. The van der Waals surface area contributed by atoms with Gasteiger partial charge in [0.05, 0.1) is 16.7 Å². The van der Waals surface area contributed by atoms with Crippen molar-refractivity contribution >= 4 is 50.5 Å². The monoisotopic (exact) mass is 303 g/mol. The van der Waals surface area contributed by atoms with Crippen LogP contribution < -0.4 is 0 Å². The van der Waals surface area contributed by atoms with Gasteiger partial charge in [-0.25, -0.2) is 9.98 Å². The number of halogens is 1. The zero-order chi connectivity index (χ0) is 10.7. The molecule has 0 bridgehead atoms. The molecule has 0 fully saturated rings. The van der Waals surface area contributed by atoms with Crippen LogP contribution in [0.1, 0.15) is 4.88 Å². The van der Waals surface area contributed by atoms with Crippen LogP contribution in [-0.2, 0) is 6.54 Å². The van der Waals surface area contributed by atoms with Crippen LogP contribution >= 0.6 is 39.0 Å². The largest absolute Gasteiger partial charge is 0.338 e. The van der Waals surface area contributed by atoms with E-state index in [2.05, 4.69) is 42.9 Å². The molecule has 6 heteroatoms. The van der Waals surface area contributed by atoms with Crippen molar-refractivity contribution in [2.45, 2.75) is 6.54 Å².